The highest BCUT2D eigenvalue weighted by molar-refractivity contribution is 9.10. The van der Waals surface area contributed by atoms with Crippen molar-refractivity contribution < 1.29 is 0 Å². The summed E-state index contributed by atoms with van der Waals surface area (Å²) in [4.78, 5) is 0. The Labute approximate surface area is 157 Å². The number of halogens is 1. The van der Waals surface area contributed by atoms with Crippen LogP contribution in [0.15, 0.2) is 83.3 Å². The molecule has 0 aromatic heterocycles. The van der Waals surface area contributed by atoms with Crippen molar-refractivity contribution in [3.63, 3.8) is 0 Å². The molecule has 0 fully saturated rings. The third kappa shape index (κ3) is 2.89. The molecule has 0 aliphatic rings. The third-order valence-corrected chi connectivity index (χ3v) is 5.35. The first-order valence-electron chi connectivity index (χ1n) is 8.49. The lowest BCUT2D eigenvalue weighted by molar-refractivity contribution is 1.42. The molecular weight excluding hydrogens is 368 g/mol. The van der Waals surface area contributed by atoms with Crippen LogP contribution < -0.4 is 0 Å². The van der Waals surface area contributed by atoms with E-state index in [1.54, 1.807) is 0 Å². The molecule has 0 heterocycles. The van der Waals surface area contributed by atoms with Gasteiger partial charge in [-0.15, -0.1) is 0 Å². The summed E-state index contributed by atoms with van der Waals surface area (Å²) >= 11 is 3.62. The average molecular weight is 387 g/mol. The molecule has 0 amide bonds. The molecule has 0 atom stereocenters. The zero-order valence-electron chi connectivity index (χ0n) is 14.4. The average Bonchev–Trinajstić information content (AvgIpc) is 2.62. The lowest BCUT2D eigenvalue weighted by Crippen LogP contribution is -1.93. The van der Waals surface area contributed by atoms with Gasteiger partial charge >= 0.3 is 0 Å². The van der Waals surface area contributed by atoms with E-state index >= 15 is 0 Å². The summed E-state index contributed by atoms with van der Waals surface area (Å²) in [5.74, 6) is 0. The van der Waals surface area contributed by atoms with Crippen molar-refractivity contribution >= 4 is 26.7 Å². The normalized spacial score (nSPS) is 11.0. The van der Waals surface area contributed by atoms with Gasteiger partial charge in [0.15, 0.2) is 0 Å². The molecule has 0 saturated heterocycles. The van der Waals surface area contributed by atoms with Gasteiger partial charge in [0.1, 0.15) is 0 Å². The number of hydrogen-bond acceptors (Lipinski definition) is 0. The smallest absolute Gasteiger partial charge is 0.0181 e. The van der Waals surface area contributed by atoms with Crippen molar-refractivity contribution in [2.24, 2.45) is 0 Å². The Morgan fingerprint density at radius 1 is 0.680 bits per heavy atom. The number of aryl methyl sites for hydroxylation is 1. The highest BCUT2D eigenvalue weighted by Crippen LogP contribution is 2.39. The van der Waals surface area contributed by atoms with Crippen molar-refractivity contribution in [3.8, 4) is 22.3 Å². The van der Waals surface area contributed by atoms with Crippen LogP contribution >= 0.6 is 15.9 Å². The van der Waals surface area contributed by atoms with Crippen LogP contribution in [0.2, 0.25) is 0 Å². The van der Waals surface area contributed by atoms with E-state index in [-0.39, 0.29) is 0 Å². The van der Waals surface area contributed by atoms with Crippen molar-refractivity contribution in [2.45, 2.75) is 13.8 Å². The first kappa shape index (κ1) is 16.1. The largest absolute Gasteiger partial charge is 0.0620 e. The fraction of sp³-hybridized carbons (Fsp3) is 0.0833. The molecule has 1 heteroatoms. The van der Waals surface area contributed by atoms with Crippen molar-refractivity contribution in [1.29, 1.82) is 0 Å². The van der Waals surface area contributed by atoms with Gasteiger partial charge in [-0.1, -0.05) is 76.6 Å². The van der Waals surface area contributed by atoms with Gasteiger partial charge in [0.05, 0.1) is 0 Å². The maximum Gasteiger partial charge on any atom is 0.0181 e. The molecule has 0 aliphatic carbocycles. The predicted octanol–water partition coefficient (Wildman–Crippen LogP) is 7.55. The summed E-state index contributed by atoms with van der Waals surface area (Å²) in [6.45, 7) is 4.42. The number of hydrogen-bond donors (Lipinski definition) is 0. The van der Waals surface area contributed by atoms with Crippen molar-refractivity contribution in [2.75, 3.05) is 0 Å². The lowest BCUT2D eigenvalue weighted by atomic mass is 9.87. The third-order valence-electron chi connectivity index (χ3n) is 4.86. The zero-order valence-corrected chi connectivity index (χ0v) is 16.0. The van der Waals surface area contributed by atoms with Gasteiger partial charge in [0.25, 0.3) is 0 Å². The number of rotatable bonds is 2. The maximum absolute atomic E-state index is 3.62. The maximum atomic E-state index is 3.62. The minimum absolute atomic E-state index is 1.11. The number of benzene rings is 4. The van der Waals surface area contributed by atoms with Crippen LogP contribution in [0.4, 0.5) is 0 Å². The molecule has 0 radical (unpaired) electrons. The molecule has 122 valence electrons. The molecule has 0 N–H and O–H groups in total. The lowest BCUT2D eigenvalue weighted by Gasteiger charge is -2.17. The number of fused-ring (bicyclic) bond motifs is 1. The first-order chi connectivity index (χ1) is 12.1. The summed E-state index contributed by atoms with van der Waals surface area (Å²) in [7, 11) is 0. The second-order valence-electron chi connectivity index (χ2n) is 6.47. The van der Waals surface area contributed by atoms with E-state index in [2.05, 4.69) is 109 Å². The van der Waals surface area contributed by atoms with Crippen LogP contribution in [-0.4, -0.2) is 0 Å². The van der Waals surface area contributed by atoms with Gasteiger partial charge in [0.2, 0.25) is 0 Å². The summed E-state index contributed by atoms with van der Waals surface area (Å²) in [6, 6.07) is 28.2. The van der Waals surface area contributed by atoms with Gasteiger partial charge in [-0.05, 0) is 76.2 Å². The summed E-state index contributed by atoms with van der Waals surface area (Å²) in [5.41, 5.74) is 7.82. The van der Waals surface area contributed by atoms with Crippen LogP contribution in [0.1, 0.15) is 11.1 Å². The molecule has 0 aliphatic heterocycles. The minimum atomic E-state index is 1.11. The first-order valence-corrected chi connectivity index (χ1v) is 9.29. The topological polar surface area (TPSA) is 0 Å². The highest BCUT2D eigenvalue weighted by Gasteiger charge is 2.14. The Morgan fingerprint density at radius 3 is 2.24 bits per heavy atom. The van der Waals surface area contributed by atoms with E-state index in [1.807, 2.05) is 0 Å². The Balaban J connectivity index is 2.11. The predicted molar refractivity (Wildman–Crippen MR) is 112 cm³/mol. The molecule has 0 saturated carbocycles. The Kier molecular flexibility index (Phi) is 4.19. The van der Waals surface area contributed by atoms with Gasteiger partial charge < -0.3 is 0 Å². The second kappa shape index (κ2) is 6.50. The standard InChI is InChI=1S/C24H19Br/c1-16-8-3-5-12-21(16)23-15-18-9-4-6-13-22(18)24(17(23)2)19-10-7-11-20(25)14-19/h3-15H,1-2H3. The quantitative estimate of drug-likeness (QED) is 0.333. The monoisotopic (exact) mass is 386 g/mol. The molecule has 25 heavy (non-hydrogen) atoms. The van der Waals surface area contributed by atoms with Crippen molar-refractivity contribution in [1.82, 2.24) is 0 Å². The summed E-state index contributed by atoms with van der Waals surface area (Å²) < 4.78 is 1.11. The van der Waals surface area contributed by atoms with Crippen LogP contribution in [0.3, 0.4) is 0 Å². The van der Waals surface area contributed by atoms with Crippen LogP contribution in [0.5, 0.6) is 0 Å². The highest BCUT2D eigenvalue weighted by atomic mass is 79.9. The molecule has 4 rings (SSSR count). The molecule has 0 spiro atoms. The minimum Gasteiger partial charge on any atom is -0.0620 e. The van der Waals surface area contributed by atoms with E-state index in [0.717, 1.165) is 4.47 Å². The fourth-order valence-electron chi connectivity index (χ4n) is 3.62. The van der Waals surface area contributed by atoms with E-state index in [4.69, 9.17) is 0 Å². The van der Waals surface area contributed by atoms with Crippen LogP contribution in [-0.2, 0) is 0 Å². The summed E-state index contributed by atoms with van der Waals surface area (Å²) in [6.07, 6.45) is 0. The molecule has 4 aromatic rings. The Morgan fingerprint density at radius 2 is 1.44 bits per heavy atom. The zero-order chi connectivity index (χ0) is 17.4. The second-order valence-corrected chi connectivity index (χ2v) is 7.39. The molecule has 4 aromatic carbocycles. The van der Waals surface area contributed by atoms with E-state index < -0.39 is 0 Å². The van der Waals surface area contributed by atoms with Crippen LogP contribution in [0.25, 0.3) is 33.0 Å². The van der Waals surface area contributed by atoms with E-state index in [9.17, 15) is 0 Å². The molecule has 0 bridgehead atoms. The molecule has 0 nitrogen and oxygen atoms in total. The Hall–Kier alpha value is -2.38. The van der Waals surface area contributed by atoms with Crippen LogP contribution in [0, 0.1) is 13.8 Å². The molecule has 0 unspecified atom stereocenters. The van der Waals surface area contributed by atoms with Gasteiger partial charge in [-0.3, -0.25) is 0 Å². The van der Waals surface area contributed by atoms with Gasteiger partial charge in [0, 0.05) is 4.47 Å². The van der Waals surface area contributed by atoms with E-state index in [0.29, 0.717) is 0 Å². The molecular formula is C24H19Br. The summed E-state index contributed by atoms with van der Waals surface area (Å²) in [5, 5.41) is 2.58. The van der Waals surface area contributed by atoms with Gasteiger partial charge in [-0.2, -0.15) is 0 Å². The fourth-order valence-corrected chi connectivity index (χ4v) is 4.02. The van der Waals surface area contributed by atoms with Crippen molar-refractivity contribution in [3.05, 3.63) is 94.5 Å². The SMILES string of the molecule is Cc1ccccc1-c1cc2ccccc2c(-c2cccc(Br)c2)c1C. The van der Waals surface area contributed by atoms with E-state index in [1.165, 1.54) is 44.2 Å². The Bertz CT molecular complexity index is 1080. The van der Waals surface area contributed by atoms with Gasteiger partial charge in [-0.25, -0.2) is 0 Å².